The number of benzene rings is 2. The molecule has 0 saturated carbocycles. The number of ether oxygens (including phenoxy) is 2. The smallest absolute Gasteiger partial charge is 0.224 e. The molecule has 0 aliphatic rings. The molecule has 5 heteroatoms. The molecule has 4 aromatic rings. The third-order valence-corrected chi connectivity index (χ3v) is 4.25. The largest absolute Gasteiger partial charge is 0.497 e. The first-order chi connectivity index (χ1) is 12.8. The van der Waals surface area contributed by atoms with Crippen LogP contribution in [0.4, 0.5) is 0 Å². The second-order valence-corrected chi connectivity index (χ2v) is 5.75. The van der Waals surface area contributed by atoms with Crippen LogP contribution in [0.5, 0.6) is 11.6 Å². The Bertz CT molecular complexity index is 1080. The summed E-state index contributed by atoms with van der Waals surface area (Å²) in [5.74, 6) is 1.36. The lowest BCUT2D eigenvalue weighted by atomic mass is 9.98. The van der Waals surface area contributed by atoms with Crippen molar-refractivity contribution in [1.82, 2.24) is 15.0 Å². The molecular formula is C21H17N3O2. The van der Waals surface area contributed by atoms with Crippen LogP contribution in [-0.2, 0) is 0 Å². The van der Waals surface area contributed by atoms with Crippen LogP contribution in [0.15, 0.2) is 67.1 Å². The van der Waals surface area contributed by atoms with Crippen molar-refractivity contribution < 1.29 is 9.47 Å². The maximum atomic E-state index is 5.38. The van der Waals surface area contributed by atoms with Crippen molar-refractivity contribution in [2.75, 3.05) is 14.2 Å². The van der Waals surface area contributed by atoms with Crippen molar-refractivity contribution in [3.63, 3.8) is 0 Å². The standard InChI is InChI=1S/C21H17N3O2/c1-25-16-6-3-5-15(11-16)20-17(7-4-10-22-20)14-8-9-19-18(12-14)21(26-2)24-13-23-19/h3-13H,1-2H3. The molecule has 2 heterocycles. The Morgan fingerprint density at radius 2 is 1.69 bits per heavy atom. The number of pyridine rings is 1. The fourth-order valence-corrected chi connectivity index (χ4v) is 3.00. The zero-order valence-electron chi connectivity index (χ0n) is 14.5. The van der Waals surface area contributed by atoms with Crippen molar-refractivity contribution in [2.24, 2.45) is 0 Å². The van der Waals surface area contributed by atoms with Gasteiger partial charge in [0.15, 0.2) is 0 Å². The topological polar surface area (TPSA) is 57.1 Å². The van der Waals surface area contributed by atoms with Gasteiger partial charge in [0.2, 0.25) is 5.88 Å². The van der Waals surface area contributed by atoms with Crippen LogP contribution in [0.25, 0.3) is 33.3 Å². The molecule has 0 bridgehead atoms. The Labute approximate surface area is 151 Å². The molecule has 2 aromatic heterocycles. The van der Waals surface area contributed by atoms with Crippen molar-refractivity contribution in [3.05, 3.63) is 67.1 Å². The van der Waals surface area contributed by atoms with E-state index in [-0.39, 0.29) is 0 Å². The highest BCUT2D eigenvalue weighted by atomic mass is 16.5. The molecule has 4 rings (SSSR count). The van der Waals surface area contributed by atoms with Crippen molar-refractivity contribution in [2.45, 2.75) is 0 Å². The fourth-order valence-electron chi connectivity index (χ4n) is 3.00. The SMILES string of the molecule is COc1cccc(-c2ncccc2-c2ccc3ncnc(OC)c3c2)c1. The quantitative estimate of drug-likeness (QED) is 0.550. The minimum absolute atomic E-state index is 0.559. The monoisotopic (exact) mass is 343 g/mol. The second-order valence-electron chi connectivity index (χ2n) is 5.75. The van der Waals surface area contributed by atoms with Gasteiger partial charge in [0.05, 0.1) is 30.8 Å². The molecule has 2 aromatic carbocycles. The second kappa shape index (κ2) is 6.80. The summed E-state index contributed by atoms with van der Waals surface area (Å²) in [7, 11) is 3.27. The maximum absolute atomic E-state index is 5.38. The summed E-state index contributed by atoms with van der Waals surface area (Å²) in [6.07, 6.45) is 3.30. The van der Waals surface area contributed by atoms with Gasteiger partial charge in [-0.05, 0) is 35.9 Å². The molecule has 26 heavy (non-hydrogen) atoms. The lowest BCUT2D eigenvalue weighted by Gasteiger charge is -2.11. The third-order valence-electron chi connectivity index (χ3n) is 4.25. The first kappa shape index (κ1) is 16.0. The third kappa shape index (κ3) is 2.84. The number of nitrogens with zero attached hydrogens (tertiary/aromatic N) is 3. The van der Waals surface area contributed by atoms with E-state index in [0.717, 1.165) is 39.0 Å². The first-order valence-electron chi connectivity index (χ1n) is 8.18. The van der Waals surface area contributed by atoms with Gasteiger partial charge in [-0.1, -0.05) is 24.3 Å². The van der Waals surface area contributed by atoms with Gasteiger partial charge in [0.1, 0.15) is 12.1 Å². The van der Waals surface area contributed by atoms with Gasteiger partial charge in [-0.3, -0.25) is 4.98 Å². The number of hydrogen-bond acceptors (Lipinski definition) is 5. The van der Waals surface area contributed by atoms with Crippen molar-refractivity contribution in [1.29, 1.82) is 0 Å². The van der Waals surface area contributed by atoms with E-state index in [0.29, 0.717) is 5.88 Å². The number of rotatable bonds is 4. The average Bonchev–Trinajstić information content (AvgIpc) is 2.73. The van der Waals surface area contributed by atoms with E-state index in [4.69, 9.17) is 9.47 Å². The lowest BCUT2D eigenvalue weighted by molar-refractivity contribution is 0.402. The zero-order valence-corrected chi connectivity index (χ0v) is 14.5. The van der Waals surface area contributed by atoms with E-state index in [1.165, 1.54) is 6.33 Å². The molecule has 0 radical (unpaired) electrons. The lowest BCUT2D eigenvalue weighted by Crippen LogP contribution is -1.93. The van der Waals surface area contributed by atoms with Crippen LogP contribution in [0.3, 0.4) is 0 Å². The average molecular weight is 343 g/mol. The van der Waals surface area contributed by atoms with Gasteiger partial charge in [0, 0.05) is 17.3 Å². The Morgan fingerprint density at radius 3 is 2.54 bits per heavy atom. The zero-order chi connectivity index (χ0) is 17.9. The van der Waals surface area contributed by atoms with Crippen LogP contribution in [0.2, 0.25) is 0 Å². The maximum Gasteiger partial charge on any atom is 0.224 e. The number of hydrogen-bond donors (Lipinski definition) is 0. The molecule has 0 N–H and O–H groups in total. The Kier molecular flexibility index (Phi) is 4.19. The molecular weight excluding hydrogens is 326 g/mol. The number of aromatic nitrogens is 3. The predicted octanol–water partition coefficient (Wildman–Crippen LogP) is 4.38. The molecule has 0 fully saturated rings. The Morgan fingerprint density at radius 1 is 0.769 bits per heavy atom. The van der Waals surface area contributed by atoms with E-state index in [2.05, 4.69) is 21.0 Å². The van der Waals surface area contributed by atoms with Crippen LogP contribution >= 0.6 is 0 Å². The number of fused-ring (bicyclic) bond motifs is 1. The highest BCUT2D eigenvalue weighted by Crippen LogP contribution is 2.34. The molecule has 0 atom stereocenters. The fraction of sp³-hybridized carbons (Fsp3) is 0.0952. The van der Waals surface area contributed by atoms with Crippen LogP contribution in [-0.4, -0.2) is 29.2 Å². The van der Waals surface area contributed by atoms with E-state index in [1.54, 1.807) is 20.4 Å². The summed E-state index contributed by atoms with van der Waals surface area (Å²) >= 11 is 0. The van der Waals surface area contributed by atoms with Gasteiger partial charge in [-0.25, -0.2) is 9.97 Å². The molecule has 0 saturated heterocycles. The van der Waals surface area contributed by atoms with Gasteiger partial charge in [0.25, 0.3) is 0 Å². The summed E-state index contributed by atoms with van der Waals surface area (Å²) in [6.45, 7) is 0. The predicted molar refractivity (Wildman–Crippen MR) is 101 cm³/mol. The molecule has 0 aliphatic carbocycles. The van der Waals surface area contributed by atoms with Gasteiger partial charge >= 0.3 is 0 Å². The van der Waals surface area contributed by atoms with Crippen LogP contribution in [0, 0.1) is 0 Å². The molecule has 0 amide bonds. The van der Waals surface area contributed by atoms with E-state index < -0.39 is 0 Å². The van der Waals surface area contributed by atoms with Crippen molar-refractivity contribution >= 4 is 10.9 Å². The van der Waals surface area contributed by atoms with Crippen LogP contribution in [0.1, 0.15) is 0 Å². The van der Waals surface area contributed by atoms with E-state index in [1.807, 2.05) is 48.5 Å². The first-order valence-corrected chi connectivity index (χ1v) is 8.18. The molecule has 0 unspecified atom stereocenters. The minimum Gasteiger partial charge on any atom is -0.497 e. The summed E-state index contributed by atoms with van der Waals surface area (Å²) in [6, 6.07) is 17.9. The number of methoxy groups -OCH3 is 2. The molecule has 0 spiro atoms. The summed E-state index contributed by atoms with van der Waals surface area (Å²) < 4.78 is 10.7. The minimum atomic E-state index is 0.559. The summed E-state index contributed by atoms with van der Waals surface area (Å²) in [5, 5.41) is 0.868. The van der Waals surface area contributed by atoms with E-state index in [9.17, 15) is 0 Å². The summed E-state index contributed by atoms with van der Waals surface area (Å²) in [5.41, 5.74) is 4.77. The molecule has 0 aliphatic heterocycles. The highest BCUT2D eigenvalue weighted by molar-refractivity contribution is 5.91. The van der Waals surface area contributed by atoms with Gasteiger partial charge in [-0.15, -0.1) is 0 Å². The summed E-state index contributed by atoms with van der Waals surface area (Å²) in [4.78, 5) is 13.1. The Hall–Kier alpha value is -3.47. The Balaban J connectivity index is 1.90. The van der Waals surface area contributed by atoms with Crippen molar-refractivity contribution in [3.8, 4) is 34.0 Å². The molecule has 5 nitrogen and oxygen atoms in total. The normalized spacial score (nSPS) is 10.7. The van der Waals surface area contributed by atoms with Gasteiger partial charge in [-0.2, -0.15) is 0 Å². The van der Waals surface area contributed by atoms with Crippen LogP contribution < -0.4 is 9.47 Å². The highest BCUT2D eigenvalue weighted by Gasteiger charge is 2.12. The van der Waals surface area contributed by atoms with Gasteiger partial charge < -0.3 is 9.47 Å². The molecule has 128 valence electrons. The van der Waals surface area contributed by atoms with E-state index >= 15 is 0 Å².